The van der Waals surface area contributed by atoms with Crippen molar-refractivity contribution in [2.24, 2.45) is 11.5 Å². The number of carbonyl (C=O) groups excluding carboxylic acids is 3. The fourth-order valence-electron chi connectivity index (χ4n) is 4.00. The maximum absolute atomic E-state index is 12.2. The fraction of sp³-hybridized carbons (Fsp3) is 0.483. The van der Waals surface area contributed by atoms with Crippen molar-refractivity contribution in [2.75, 3.05) is 20.1 Å². The van der Waals surface area contributed by atoms with Gasteiger partial charge in [0.15, 0.2) is 0 Å². The second kappa shape index (κ2) is 17.3. The summed E-state index contributed by atoms with van der Waals surface area (Å²) in [6.07, 6.45) is 7.18. The van der Waals surface area contributed by atoms with Crippen LogP contribution in [0.3, 0.4) is 0 Å². The number of rotatable bonds is 16. The lowest BCUT2D eigenvalue weighted by molar-refractivity contribution is -0.158. The summed E-state index contributed by atoms with van der Waals surface area (Å²) in [5, 5.41) is 0. The van der Waals surface area contributed by atoms with Gasteiger partial charge < -0.3 is 21.2 Å². The molecule has 37 heavy (non-hydrogen) atoms. The highest BCUT2D eigenvalue weighted by molar-refractivity contribution is 5.81. The lowest BCUT2D eigenvalue weighted by atomic mass is 10.0. The van der Waals surface area contributed by atoms with E-state index >= 15 is 0 Å². The van der Waals surface area contributed by atoms with Crippen molar-refractivity contribution >= 4 is 17.8 Å². The second-order valence-corrected chi connectivity index (χ2v) is 9.44. The largest absolute Gasteiger partial charge is 0.344 e. The summed E-state index contributed by atoms with van der Waals surface area (Å²) in [5.74, 6) is -1.09. The van der Waals surface area contributed by atoms with E-state index in [0.717, 1.165) is 44.1 Å². The average molecular weight is 511 g/mol. The molecule has 0 aliphatic heterocycles. The third-order valence-corrected chi connectivity index (χ3v) is 6.23. The molecule has 0 aliphatic rings. The van der Waals surface area contributed by atoms with Gasteiger partial charge in [0.1, 0.15) is 0 Å². The highest BCUT2D eigenvalue weighted by Crippen LogP contribution is 2.11. The van der Waals surface area contributed by atoms with E-state index in [-0.39, 0.29) is 24.7 Å². The molecule has 2 rings (SSSR count). The van der Waals surface area contributed by atoms with Crippen LogP contribution in [-0.2, 0) is 38.5 Å². The Morgan fingerprint density at radius 1 is 0.865 bits per heavy atom. The van der Waals surface area contributed by atoms with Crippen LogP contribution in [0.2, 0.25) is 0 Å². The van der Waals surface area contributed by atoms with Crippen molar-refractivity contribution in [1.29, 1.82) is 0 Å². The van der Waals surface area contributed by atoms with Gasteiger partial charge >= 0.3 is 5.97 Å². The van der Waals surface area contributed by atoms with Gasteiger partial charge in [-0.3, -0.25) is 9.59 Å². The molecule has 2 aromatic rings. The molecule has 8 heteroatoms. The lowest BCUT2D eigenvalue weighted by Crippen LogP contribution is -2.42. The van der Waals surface area contributed by atoms with Crippen molar-refractivity contribution < 1.29 is 19.2 Å². The quantitative estimate of drug-likeness (QED) is 0.235. The highest BCUT2D eigenvalue weighted by atomic mass is 16.7. The minimum absolute atomic E-state index is 0.0826. The smallest absolute Gasteiger partial charge is 0.332 e. The Balaban J connectivity index is 1.58. The van der Waals surface area contributed by atoms with Crippen LogP contribution in [0.1, 0.15) is 61.6 Å². The summed E-state index contributed by atoms with van der Waals surface area (Å²) in [6.45, 7) is 0.961. The number of hydrogen-bond acceptors (Lipinski definition) is 6. The van der Waals surface area contributed by atoms with Gasteiger partial charge in [0, 0.05) is 20.0 Å². The number of unbranched alkanes of at least 4 members (excludes halogenated alkanes) is 2. The summed E-state index contributed by atoms with van der Waals surface area (Å²) in [5.41, 5.74) is 17.0. The molecular formula is C29H42N4O4. The van der Waals surface area contributed by atoms with Gasteiger partial charge in [-0.15, -0.1) is 0 Å². The van der Waals surface area contributed by atoms with E-state index in [0.29, 0.717) is 25.9 Å². The van der Waals surface area contributed by atoms with Crippen LogP contribution in [-0.4, -0.2) is 48.9 Å². The monoisotopic (exact) mass is 510 g/mol. The van der Waals surface area contributed by atoms with Crippen LogP contribution in [0.4, 0.5) is 0 Å². The van der Waals surface area contributed by atoms with E-state index in [2.05, 4.69) is 29.7 Å². The fourth-order valence-corrected chi connectivity index (χ4v) is 4.00. The molecule has 8 nitrogen and oxygen atoms in total. The number of nitrogens with two attached hydrogens (primary N) is 2. The Kier molecular flexibility index (Phi) is 14.0. The van der Waals surface area contributed by atoms with Gasteiger partial charge in [0.05, 0.1) is 12.5 Å². The first kappa shape index (κ1) is 30.0. The van der Waals surface area contributed by atoms with Gasteiger partial charge in [-0.05, 0) is 68.2 Å². The van der Waals surface area contributed by atoms with Crippen molar-refractivity contribution in [3.63, 3.8) is 0 Å². The Morgan fingerprint density at radius 2 is 1.49 bits per heavy atom. The molecule has 0 fully saturated rings. The van der Waals surface area contributed by atoms with Crippen LogP contribution in [0.25, 0.3) is 0 Å². The van der Waals surface area contributed by atoms with E-state index in [4.69, 9.17) is 16.3 Å². The molecule has 2 aromatic carbocycles. The first-order chi connectivity index (χ1) is 17.9. The highest BCUT2D eigenvalue weighted by Gasteiger charge is 2.18. The lowest BCUT2D eigenvalue weighted by Gasteiger charge is -2.21. The maximum Gasteiger partial charge on any atom is 0.332 e. The number of nitrogens with zero attached hydrogens (tertiary/aromatic N) is 1. The van der Waals surface area contributed by atoms with Crippen LogP contribution >= 0.6 is 0 Å². The molecule has 2 amide bonds. The minimum atomic E-state index is -0.559. The number of benzene rings is 2. The van der Waals surface area contributed by atoms with Gasteiger partial charge in [0.2, 0.25) is 5.91 Å². The predicted octanol–water partition coefficient (Wildman–Crippen LogP) is 3.06. The molecule has 0 bridgehead atoms. The van der Waals surface area contributed by atoms with E-state index in [1.165, 1.54) is 16.0 Å². The van der Waals surface area contributed by atoms with Crippen LogP contribution in [0, 0.1) is 0 Å². The zero-order valence-corrected chi connectivity index (χ0v) is 22.0. The van der Waals surface area contributed by atoms with Crippen molar-refractivity contribution in [1.82, 2.24) is 10.4 Å². The molecule has 0 saturated carbocycles. The molecule has 0 aliphatic carbocycles. The molecule has 1 atom stereocenters. The number of amides is 2. The first-order valence-electron chi connectivity index (χ1n) is 13.2. The van der Waals surface area contributed by atoms with Gasteiger partial charge in [-0.2, -0.15) is 5.48 Å². The molecule has 202 valence electrons. The number of nitrogens with one attached hydrogen (secondary N) is 1. The van der Waals surface area contributed by atoms with E-state index < -0.39 is 12.0 Å². The van der Waals surface area contributed by atoms with Crippen LogP contribution in [0.15, 0.2) is 54.6 Å². The second-order valence-electron chi connectivity index (χ2n) is 9.44. The summed E-state index contributed by atoms with van der Waals surface area (Å²) in [6, 6.07) is 17.9. The zero-order valence-electron chi connectivity index (χ0n) is 22.0. The average Bonchev–Trinajstić information content (AvgIpc) is 2.91. The van der Waals surface area contributed by atoms with Crippen molar-refractivity contribution in [2.45, 2.75) is 70.3 Å². The molecular weight excluding hydrogens is 468 g/mol. The number of aryl methyl sites for hydroxylation is 2. The zero-order chi connectivity index (χ0) is 26.9. The van der Waals surface area contributed by atoms with E-state index in [1.807, 2.05) is 30.3 Å². The summed E-state index contributed by atoms with van der Waals surface area (Å²) >= 11 is 0. The Hall–Kier alpha value is -3.23. The van der Waals surface area contributed by atoms with Crippen molar-refractivity contribution in [3.8, 4) is 0 Å². The van der Waals surface area contributed by atoms with E-state index in [1.54, 1.807) is 7.05 Å². The third-order valence-electron chi connectivity index (χ3n) is 6.23. The summed E-state index contributed by atoms with van der Waals surface area (Å²) in [7, 11) is 1.66. The Labute approximate surface area is 220 Å². The Morgan fingerprint density at radius 3 is 2.14 bits per heavy atom. The van der Waals surface area contributed by atoms with Gasteiger partial charge in [0.25, 0.3) is 5.91 Å². The van der Waals surface area contributed by atoms with Gasteiger partial charge in [-0.1, -0.05) is 61.0 Å². The number of likely N-dealkylation sites (N-methyl/N-ethyl adjacent to an activating group) is 1. The van der Waals surface area contributed by atoms with Crippen LogP contribution < -0.4 is 16.9 Å². The molecule has 5 N–H and O–H groups in total. The third kappa shape index (κ3) is 12.5. The number of hydrogen-bond donors (Lipinski definition) is 3. The maximum atomic E-state index is 12.2. The van der Waals surface area contributed by atoms with E-state index in [9.17, 15) is 14.4 Å². The molecule has 0 saturated heterocycles. The van der Waals surface area contributed by atoms with Crippen molar-refractivity contribution in [3.05, 3.63) is 71.3 Å². The number of hydroxylamine groups is 1. The standard InChI is InChI=1S/C29H42N4O4/c1-33(29(36)26(31)14-7-8-20-30)21-9-15-28(35)37-32-27(34)22-25-18-16-24(17-19-25)13-6-5-12-23-10-3-2-4-11-23/h2-4,10-11,16-19,26H,5-9,12-15,20-22,30-31H2,1H3,(H,32,34)/t26-/m0/s1. The molecule has 0 aromatic heterocycles. The Bertz CT molecular complexity index is 950. The minimum Gasteiger partial charge on any atom is -0.344 e. The predicted molar refractivity (Wildman–Crippen MR) is 145 cm³/mol. The molecule has 0 heterocycles. The molecule has 0 radical (unpaired) electrons. The van der Waals surface area contributed by atoms with Gasteiger partial charge in [-0.25, -0.2) is 4.79 Å². The number of carbonyl (C=O) groups is 3. The first-order valence-corrected chi connectivity index (χ1v) is 13.2. The molecule has 0 spiro atoms. The van der Waals surface area contributed by atoms with Crippen LogP contribution in [0.5, 0.6) is 0 Å². The molecule has 0 unspecified atom stereocenters. The normalized spacial score (nSPS) is 11.5. The topological polar surface area (TPSA) is 128 Å². The summed E-state index contributed by atoms with van der Waals surface area (Å²) in [4.78, 5) is 42.7. The summed E-state index contributed by atoms with van der Waals surface area (Å²) < 4.78 is 0. The SMILES string of the molecule is CN(CCCC(=O)ONC(=O)Cc1ccc(CCCCc2ccccc2)cc1)C(=O)[C@@H](N)CCCCN.